The monoisotopic (exact) mass is 270 g/mol. The van der Waals surface area contributed by atoms with Crippen molar-refractivity contribution in [2.75, 3.05) is 0 Å². The number of benzene rings is 3. The molecule has 0 aromatic heterocycles. The summed E-state index contributed by atoms with van der Waals surface area (Å²) >= 11 is 0. The van der Waals surface area contributed by atoms with Crippen LogP contribution >= 0.6 is 0 Å². The molecular weight excluding hydrogens is 256 g/mol. The summed E-state index contributed by atoms with van der Waals surface area (Å²) in [5, 5.41) is 13.5. The third-order valence-corrected chi connectivity index (χ3v) is 4.21. The summed E-state index contributed by atoms with van der Waals surface area (Å²) in [6.07, 6.45) is 0. The van der Waals surface area contributed by atoms with E-state index in [1.807, 2.05) is 36.4 Å². The first-order chi connectivity index (χ1) is 10.3. The fraction of sp³-hybridized carbons (Fsp3) is 0.100. The Morgan fingerprint density at radius 3 is 2.48 bits per heavy atom. The fourth-order valence-corrected chi connectivity index (χ4v) is 3.34. The van der Waals surface area contributed by atoms with Crippen molar-refractivity contribution >= 4 is 10.8 Å². The molecule has 0 fully saturated rings. The summed E-state index contributed by atoms with van der Waals surface area (Å²) < 4.78 is 0. The topological polar surface area (TPSA) is 20.2 Å². The molecule has 0 heterocycles. The van der Waals surface area contributed by atoms with Gasteiger partial charge in [0.25, 0.3) is 0 Å². The van der Waals surface area contributed by atoms with Crippen LogP contribution in [0.3, 0.4) is 0 Å². The van der Waals surface area contributed by atoms with Crippen molar-refractivity contribution in [3.8, 4) is 23.0 Å². The van der Waals surface area contributed by atoms with Gasteiger partial charge in [0, 0.05) is 11.1 Å². The summed E-state index contributed by atoms with van der Waals surface area (Å²) in [4.78, 5) is 0. The molecule has 3 aromatic rings. The molecule has 21 heavy (non-hydrogen) atoms. The zero-order valence-corrected chi connectivity index (χ0v) is 11.7. The molecule has 1 aliphatic rings. The molecular formula is C20H14O. The first-order valence-corrected chi connectivity index (χ1v) is 7.04. The van der Waals surface area contributed by atoms with Crippen LogP contribution in [-0.4, -0.2) is 5.11 Å². The standard InChI is InChI=1S/C20H14O/c1-2-13-20(21)17-10-6-5-9-16(17)19-15-8-4-3-7-14(15)11-12-18(19)20/h3-12,21H,1H3. The van der Waals surface area contributed by atoms with Crippen LogP contribution in [0, 0.1) is 11.8 Å². The molecule has 0 radical (unpaired) electrons. The Morgan fingerprint density at radius 2 is 1.62 bits per heavy atom. The van der Waals surface area contributed by atoms with Gasteiger partial charge in [0.15, 0.2) is 5.60 Å². The maximum atomic E-state index is 11.2. The highest BCUT2D eigenvalue weighted by atomic mass is 16.3. The van der Waals surface area contributed by atoms with Gasteiger partial charge in [-0.3, -0.25) is 0 Å². The molecule has 0 amide bonds. The molecule has 1 N–H and O–H groups in total. The van der Waals surface area contributed by atoms with E-state index in [0.717, 1.165) is 27.6 Å². The highest BCUT2D eigenvalue weighted by Gasteiger charge is 2.40. The number of rotatable bonds is 0. The third kappa shape index (κ3) is 1.51. The van der Waals surface area contributed by atoms with Crippen molar-refractivity contribution < 1.29 is 5.11 Å². The summed E-state index contributed by atoms with van der Waals surface area (Å²) in [5.74, 6) is 5.88. The summed E-state index contributed by atoms with van der Waals surface area (Å²) in [7, 11) is 0. The molecule has 0 spiro atoms. The van der Waals surface area contributed by atoms with E-state index in [1.165, 1.54) is 5.39 Å². The minimum absolute atomic E-state index is 0.880. The molecule has 0 aliphatic heterocycles. The molecule has 1 aliphatic carbocycles. The van der Waals surface area contributed by atoms with Crippen LogP contribution in [0.25, 0.3) is 21.9 Å². The average molecular weight is 270 g/mol. The van der Waals surface area contributed by atoms with E-state index in [0.29, 0.717) is 0 Å². The second-order valence-corrected chi connectivity index (χ2v) is 5.34. The van der Waals surface area contributed by atoms with Gasteiger partial charge >= 0.3 is 0 Å². The maximum Gasteiger partial charge on any atom is 0.178 e. The van der Waals surface area contributed by atoms with Gasteiger partial charge in [-0.2, -0.15) is 0 Å². The first-order valence-electron chi connectivity index (χ1n) is 7.04. The minimum atomic E-state index is -1.20. The lowest BCUT2D eigenvalue weighted by molar-refractivity contribution is 0.150. The second kappa shape index (κ2) is 4.22. The SMILES string of the molecule is CC#CC1(O)c2ccccc2-c2c1ccc1ccccc21. The van der Waals surface area contributed by atoms with Crippen molar-refractivity contribution in [3.63, 3.8) is 0 Å². The van der Waals surface area contributed by atoms with Gasteiger partial charge in [-0.25, -0.2) is 0 Å². The molecule has 0 bridgehead atoms. The number of fused-ring (bicyclic) bond motifs is 5. The summed E-state index contributed by atoms with van der Waals surface area (Å²) in [6.45, 7) is 1.76. The van der Waals surface area contributed by atoms with Crippen LogP contribution in [0.5, 0.6) is 0 Å². The molecule has 0 saturated heterocycles. The molecule has 1 unspecified atom stereocenters. The predicted molar refractivity (Wildman–Crippen MR) is 85.8 cm³/mol. The molecule has 1 nitrogen and oxygen atoms in total. The average Bonchev–Trinajstić information content (AvgIpc) is 2.78. The summed E-state index contributed by atoms with van der Waals surface area (Å²) in [5.41, 5.74) is 2.75. The minimum Gasteiger partial charge on any atom is -0.369 e. The van der Waals surface area contributed by atoms with E-state index < -0.39 is 5.60 Å². The van der Waals surface area contributed by atoms with Crippen molar-refractivity contribution in [2.45, 2.75) is 12.5 Å². The fourth-order valence-electron chi connectivity index (χ4n) is 3.34. The highest BCUT2D eigenvalue weighted by molar-refractivity contribution is 6.02. The lowest BCUT2D eigenvalue weighted by Crippen LogP contribution is -2.21. The van der Waals surface area contributed by atoms with Gasteiger partial charge in [0.2, 0.25) is 0 Å². The van der Waals surface area contributed by atoms with Gasteiger partial charge in [-0.15, -0.1) is 5.92 Å². The second-order valence-electron chi connectivity index (χ2n) is 5.34. The zero-order valence-electron chi connectivity index (χ0n) is 11.7. The lowest BCUT2D eigenvalue weighted by atomic mass is 9.91. The van der Waals surface area contributed by atoms with E-state index in [4.69, 9.17) is 0 Å². The molecule has 1 heteroatoms. The van der Waals surface area contributed by atoms with Crippen LogP contribution in [0.15, 0.2) is 60.7 Å². The van der Waals surface area contributed by atoms with Crippen molar-refractivity contribution in [3.05, 3.63) is 71.8 Å². The predicted octanol–water partition coefficient (Wildman–Crippen LogP) is 4.08. The van der Waals surface area contributed by atoms with E-state index in [-0.39, 0.29) is 0 Å². The van der Waals surface area contributed by atoms with Crippen LogP contribution in [0.1, 0.15) is 18.1 Å². The van der Waals surface area contributed by atoms with Gasteiger partial charge < -0.3 is 5.11 Å². The van der Waals surface area contributed by atoms with Crippen LogP contribution in [0.2, 0.25) is 0 Å². The number of hydrogen-bond donors (Lipinski definition) is 1. The van der Waals surface area contributed by atoms with E-state index in [9.17, 15) is 5.11 Å². The van der Waals surface area contributed by atoms with Crippen molar-refractivity contribution in [2.24, 2.45) is 0 Å². The van der Waals surface area contributed by atoms with Crippen LogP contribution < -0.4 is 0 Å². The molecule has 1 atom stereocenters. The normalized spacial score (nSPS) is 18.8. The van der Waals surface area contributed by atoms with Gasteiger partial charge in [-0.05, 0) is 28.8 Å². The quantitative estimate of drug-likeness (QED) is 0.610. The van der Waals surface area contributed by atoms with Gasteiger partial charge in [-0.1, -0.05) is 66.6 Å². The maximum absolute atomic E-state index is 11.2. The number of aliphatic hydroxyl groups is 1. The Kier molecular flexibility index (Phi) is 2.45. The Morgan fingerprint density at radius 1 is 0.857 bits per heavy atom. The van der Waals surface area contributed by atoms with E-state index in [1.54, 1.807) is 6.92 Å². The van der Waals surface area contributed by atoms with Crippen LogP contribution in [-0.2, 0) is 5.60 Å². The molecule has 0 saturated carbocycles. The Labute approximate surface area is 123 Å². The number of hydrogen-bond acceptors (Lipinski definition) is 1. The van der Waals surface area contributed by atoms with E-state index in [2.05, 4.69) is 36.1 Å². The largest absolute Gasteiger partial charge is 0.369 e. The van der Waals surface area contributed by atoms with Crippen LogP contribution in [0.4, 0.5) is 0 Å². The Hall–Kier alpha value is -2.56. The molecule has 3 aromatic carbocycles. The first kappa shape index (κ1) is 12.2. The van der Waals surface area contributed by atoms with Gasteiger partial charge in [0.1, 0.15) is 0 Å². The van der Waals surface area contributed by atoms with E-state index >= 15 is 0 Å². The third-order valence-electron chi connectivity index (χ3n) is 4.21. The molecule has 100 valence electrons. The summed E-state index contributed by atoms with van der Waals surface area (Å²) in [6, 6.07) is 20.3. The Bertz CT molecular complexity index is 927. The van der Waals surface area contributed by atoms with Gasteiger partial charge in [0.05, 0.1) is 0 Å². The smallest absolute Gasteiger partial charge is 0.178 e. The highest BCUT2D eigenvalue weighted by Crippen LogP contribution is 2.49. The zero-order chi connectivity index (χ0) is 14.4. The Balaban J connectivity index is 2.21. The molecule has 4 rings (SSSR count). The van der Waals surface area contributed by atoms with Crippen molar-refractivity contribution in [1.82, 2.24) is 0 Å². The lowest BCUT2D eigenvalue weighted by Gasteiger charge is -2.19. The van der Waals surface area contributed by atoms with Crippen molar-refractivity contribution in [1.29, 1.82) is 0 Å².